The van der Waals surface area contributed by atoms with Crippen LogP contribution in [0.5, 0.6) is 0 Å². The summed E-state index contributed by atoms with van der Waals surface area (Å²) in [7, 11) is 0. The van der Waals surface area contributed by atoms with Gasteiger partial charge in [-0.15, -0.1) is 0 Å². The van der Waals surface area contributed by atoms with Gasteiger partial charge in [0, 0.05) is 35.6 Å². The molecule has 4 aromatic rings. The average Bonchev–Trinajstić information content (AvgIpc) is 3.02. The van der Waals surface area contributed by atoms with Crippen LogP contribution in [0.1, 0.15) is 5.56 Å². The van der Waals surface area contributed by atoms with E-state index in [9.17, 15) is 0 Å². The first-order chi connectivity index (χ1) is 11.8. The normalized spacial score (nSPS) is 10.8. The van der Waals surface area contributed by atoms with Gasteiger partial charge in [-0.3, -0.25) is 10.1 Å². The van der Waals surface area contributed by atoms with E-state index < -0.39 is 0 Å². The Bertz CT molecular complexity index is 975. The standard InChI is InChI=1S/C19H17N5/c20-19-17-9-14(6-7-18(17)23-24-19)15-8-13(10-21-12-15)11-22-16-4-2-1-3-5-16/h1-10,12,22H,11H2,(H3,20,23,24). The molecule has 0 amide bonds. The molecule has 5 heteroatoms. The third kappa shape index (κ3) is 2.79. The minimum Gasteiger partial charge on any atom is -0.382 e. The number of fused-ring (bicyclic) bond motifs is 1. The van der Waals surface area contributed by atoms with E-state index in [2.05, 4.69) is 26.6 Å². The van der Waals surface area contributed by atoms with Crippen molar-refractivity contribution < 1.29 is 0 Å². The van der Waals surface area contributed by atoms with Gasteiger partial charge in [0.1, 0.15) is 0 Å². The Morgan fingerprint density at radius 1 is 0.958 bits per heavy atom. The number of nitrogens with one attached hydrogen (secondary N) is 2. The van der Waals surface area contributed by atoms with Gasteiger partial charge in [-0.2, -0.15) is 5.10 Å². The summed E-state index contributed by atoms with van der Waals surface area (Å²) < 4.78 is 0. The van der Waals surface area contributed by atoms with Crippen LogP contribution in [0, 0.1) is 0 Å². The number of hydrogen-bond donors (Lipinski definition) is 3. The van der Waals surface area contributed by atoms with Crippen molar-refractivity contribution in [3.8, 4) is 11.1 Å². The van der Waals surface area contributed by atoms with E-state index in [1.807, 2.05) is 60.9 Å². The van der Waals surface area contributed by atoms with E-state index in [1.54, 1.807) is 0 Å². The van der Waals surface area contributed by atoms with Crippen LogP contribution in [0.4, 0.5) is 11.5 Å². The highest BCUT2D eigenvalue weighted by Crippen LogP contribution is 2.26. The average molecular weight is 315 g/mol. The van der Waals surface area contributed by atoms with E-state index in [4.69, 9.17) is 5.73 Å². The van der Waals surface area contributed by atoms with Crippen LogP contribution in [0.3, 0.4) is 0 Å². The third-order valence-electron chi connectivity index (χ3n) is 3.99. The molecular formula is C19H17N5. The zero-order chi connectivity index (χ0) is 16.4. The number of anilines is 2. The Kier molecular flexibility index (Phi) is 3.59. The molecule has 4 rings (SSSR count). The Labute approximate surface area is 139 Å². The largest absolute Gasteiger partial charge is 0.382 e. The van der Waals surface area contributed by atoms with Crippen LogP contribution in [0.15, 0.2) is 67.0 Å². The summed E-state index contributed by atoms with van der Waals surface area (Å²) >= 11 is 0. The molecule has 0 saturated heterocycles. The molecule has 0 saturated carbocycles. The molecule has 0 fully saturated rings. The van der Waals surface area contributed by atoms with Crippen LogP contribution in [0.2, 0.25) is 0 Å². The quantitative estimate of drug-likeness (QED) is 0.535. The van der Waals surface area contributed by atoms with E-state index in [-0.39, 0.29) is 0 Å². The minimum atomic E-state index is 0.515. The molecule has 24 heavy (non-hydrogen) atoms. The number of nitrogens with two attached hydrogens (primary N) is 1. The summed E-state index contributed by atoms with van der Waals surface area (Å²) in [6, 6.07) is 18.3. The monoisotopic (exact) mass is 315 g/mol. The molecular weight excluding hydrogens is 298 g/mol. The van der Waals surface area contributed by atoms with Gasteiger partial charge in [-0.05, 0) is 41.5 Å². The van der Waals surface area contributed by atoms with Crippen LogP contribution < -0.4 is 11.1 Å². The molecule has 2 aromatic heterocycles. The second-order valence-corrected chi connectivity index (χ2v) is 5.67. The summed E-state index contributed by atoms with van der Waals surface area (Å²) in [6.45, 7) is 0.723. The van der Waals surface area contributed by atoms with Crippen molar-refractivity contribution in [1.82, 2.24) is 15.2 Å². The summed E-state index contributed by atoms with van der Waals surface area (Å²) in [5.41, 5.74) is 11.2. The van der Waals surface area contributed by atoms with Gasteiger partial charge in [0.05, 0.1) is 5.52 Å². The number of pyridine rings is 1. The molecule has 0 radical (unpaired) electrons. The van der Waals surface area contributed by atoms with Crippen LogP contribution in [-0.2, 0) is 6.54 Å². The highest BCUT2D eigenvalue weighted by atomic mass is 15.1. The van der Waals surface area contributed by atoms with Crippen molar-refractivity contribution in [2.75, 3.05) is 11.1 Å². The Morgan fingerprint density at radius 2 is 1.83 bits per heavy atom. The fourth-order valence-corrected chi connectivity index (χ4v) is 2.72. The second kappa shape index (κ2) is 6.04. The molecule has 0 bridgehead atoms. The predicted octanol–water partition coefficient (Wildman–Crippen LogP) is 3.82. The Morgan fingerprint density at radius 3 is 2.71 bits per heavy atom. The maximum Gasteiger partial charge on any atom is 0.153 e. The van der Waals surface area contributed by atoms with Gasteiger partial charge in [-0.25, -0.2) is 0 Å². The van der Waals surface area contributed by atoms with Gasteiger partial charge in [0.2, 0.25) is 0 Å². The molecule has 0 aliphatic heterocycles. The first-order valence-electron chi connectivity index (χ1n) is 7.76. The van der Waals surface area contributed by atoms with Crippen molar-refractivity contribution in [2.45, 2.75) is 6.54 Å². The lowest BCUT2D eigenvalue weighted by molar-refractivity contribution is 1.11. The fourth-order valence-electron chi connectivity index (χ4n) is 2.72. The van der Waals surface area contributed by atoms with Crippen molar-refractivity contribution >= 4 is 22.4 Å². The smallest absolute Gasteiger partial charge is 0.153 e. The van der Waals surface area contributed by atoms with Gasteiger partial charge >= 0.3 is 0 Å². The lowest BCUT2D eigenvalue weighted by Gasteiger charge is -2.08. The number of nitrogen functional groups attached to an aromatic ring is 1. The number of para-hydroxylation sites is 1. The van der Waals surface area contributed by atoms with E-state index in [1.165, 1.54) is 0 Å². The number of nitrogens with zero attached hydrogens (tertiary/aromatic N) is 2. The SMILES string of the molecule is Nc1n[nH]c2ccc(-c3cncc(CNc4ccccc4)c3)cc12. The van der Waals surface area contributed by atoms with Gasteiger partial charge in [0.15, 0.2) is 5.82 Å². The van der Waals surface area contributed by atoms with Crippen molar-refractivity contribution in [2.24, 2.45) is 0 Å². The van der Waals surface area contributed by atoms with E-state index in [0.717, 1.165) is 39.8 Å². The molecule has 0 aliphatic rings. The highest BCUT2D eigenvalue weighted by Gasteiger charge is 2.06. The molecule has 0 unspecified atom stereocenters. The highest BCUT2D eigenvalue weighted by molar-refractivity contribution is 5.92. The number of rotatable bonds is 4. The van der Waals surface area contributed by atoms with Gasteiger partial charge in [0.25, 0.3) is 0 Å². The summed E-state index contributed by atoms with van der Waals surface area (Å²) in [6.07, 6.45) is 3.74. The maximum atomic E-state index is 5.90. The molecule has 2 heterocycles. The molecule has 0 aliphatic carbocycles. The summed E-state index contributed by atoms with van der Waals surface area (Å²) in [5.74, 6) is 0.515. The van der Waals surface area contributed by atoms with Crippen LogP contribution >= 0.6 is 0 Å². The summed E-state index contributed by atoms with van der Waals surface area (Å²) in [4.78, 5) is 4.37. The maximum absolute atomic E-state index is 5.90. The molecule has 2 aromatic carbocycles. The lowest BCUT2D eigenvalue weighted by atomic mass is 10.0. The van der Waals surface area contributed by atoms with Crippen molar-refractivity contribution in [3.05, 3.63) is 72.6 Å². The van der Waals surface area contributed by atoms with Crippen LogP contribution in [-0.4, -0.2) is 15.2 Å². The topological polar surface area (TPSA) is 79.6 Å². The predicted molar refractivity (Wildman–Crippen MR) is 97.5 cm³/mol. The van der Waals surface area contributed by atoms with E-state index in [0.29, 0.717) is 5.82 Å². The molecule has 4 N–H and O–H groups in total. The number of hydrogen-bond acceptors (Lipinski definition) is 4. The molecule has 118 valence electrons. The number of aromatic amines is 1. The zero-order valence-corrected chi connectivity index (χ0v) is 13.0. The molecule has 5 nitrogen and oxygen atoms in total. The van der Waals surface area contributed by atoms with Gasteiger partial charge in [-0.1, -0.05) is 24.3 Å². The number of H-pyrrole nitrogens is 1. The third-order valence-corrected chi connectivity index (χ3v) is 3.99. The van der Waals surface area contributed by atoms with E-state index >= 15 is 0 Å². The minimum absolute atomic E-state index is 0.515. The first-order valence-corrected chi connectivity index (χ1v) is 7.76. The Balaban J connectivity index is 1.60. The van der Waals surface area contributed by atoms with Crippen molar-refractivity contribution in [3.63, 3.8) is 0 Å². The van der Waals surface area contributed by atoms with Crippen LogP contribution in [0.25, 0.3) is 22.0 Å². The summed E-state index contributed by atoms with van der Waals surface area (Å²) in [5, 5.41) is 11.3. The Hall–Kier alpha value is -3.34. The van der Waals surface area contributed by atoms with Gasteiger partial charge < -0.3 is 11.1 Å². The number of benzene rings is 2. The number of aromatic nitrogens is 3. The first kappa shape index (κ1) is 14.3. The second-order valence-electron chi connectivity index (χ2n) is 5.67. The molecule has 0 atom stereocenters. The lowest BCUT2D eigenvalue weighted by Crippen LogP contribution is -1.99. The fraction of sp³-hybridized carbons (Fsp3) is 0.0526. The zero-order valence-electron chi connectivity index (χ0n) is 13.0. The van der Waals surface area contributed by atoms with Crippen molar-refractivity contribution in [1.29, 1.82) is 0 Å². The molecule has 0 spiro atoms.